The fourth-order valence-electron chi connectivity index (χ4n) is 1.98. The van der Waals surface area contributed by atoms with Crippen LogP contribution in [-0.4, -0.2) is 27.3 Å². The lowest BCUT2D eigenvalue weighted by Crippen LogP contribution is -2.11. The Kier molecular flexibility index (Phi) is 5.05. The zero-order chi connectivity index (χ0) is 16.8. The largest absolute Gasteiger partial charge is 0.496 e. The number of rotatable bonds is 5. The van der Waals surface area contributed by atoms with Crippen molar-refractivity contribution in [3.05, 3.63) is 47.5 Å². The first-order chi connectivity index (χ1) is 11.1. The molecule has 0 saturated carbocycles. The van der Waals surface area contributed by atoms with Gasteiger partial charge in [-0.05, 0) is 18.2 Å². The summed E-state index contributed by atoms with van der Waals surface area (Å²) in [6.45, 7) is 0. The summed E-state index contributed by atoms with van der Waals surface area (Å²) in [5.74, 6) is 0.756. The van der Waals surface area contributed by atoms with Gasteiger partial charge in [0.15, 0.2) is 11.5 Å². The number of ether oxygens (including phenoxy) is 4. The van der Waals surface area contributed by atoms with Crippen LogP contribution in [0.25, 0.3) is 0 Å². The topological polar surface area (TPSA) is 77.8 Å². The Morgan fingerprint density at radius 1 is 0.957 bits per heavy atom. The van der Waals surface area contributed by atoms with E-state index in [-0.39, 0.29) is 11.3 Å². The average Bonchev–Trinajstić information content (AvgIpc) is 2.60. The summed E-state index contributed by atoms with van der Waals surface area (Å²) < 4.78 is 20.8. The number of nitriles is 1. The van der Waals surface area contributed by atoms with E-state index in [1.54, 1.807) is 24.3 Å². The van der Waals surface area contributed by atoms with Crippen LogP contribution < -0.4 is 18.9 Å². The summed E-state index contributed by atoms with van der Waals surface area (Å²) in [7, 11) is 4.40. The van der Waals surface area contributed by atoms with Crippen LogP contribution in [0.3, 0.4) is 0 Å². The predicted molar refractivity (Wildman–Crippen MR) is 82.2 cm³/mol. The van der Waals surface area contributed by atoms with Crippen molar-refractivity contribution in [3.63, 3.8) is 0 Å². The van der Waals surface area contributed by atoms with E-state index in [9.17, 15) is 4.79 Å². The van der Waals surface area contributed by atoms with Crippen LogP contribution in [0.1, 0.15) is 15.9 Å². The number of methoxy groups -OCH3 is 3. The van der Waals surface area contributed by atoms with Crippen LogP contribution in [0.2, 0.25) is 0 Å². The van der Waals surface area contributed by atoms with Crippen LogP contribution in [0.15, 0.2) is 36.4 Å². The maximum atomic E-state index is 12.4. The molecule has 0 aliphatic carbocycles. The standard InChI is InChI=1S/C17H15NO5/c1-20-14-9-16(22-3)15(21-2)8-13(14)17(19)23-12-6-4-5-11(7-12)10-18/h4-9H,1-3H3. The molecule has 118 valence electrons. The Balaban J connectivity index is 2.36. The number of nitrogens with zero attached hydrogens (tertiary/aromatic N) is 1. The van der Waals surface area contributed by atoms with E-state index >= 15 is 0 Å². The third kappa shape index (κ3) is 3.52. The molecule has 0 fully saturated rings. The van der Waals surface area contributed by atoms with E-state index in [1.807, 2.05) is 6.07 Å². The first-order valence-electron chi connectivity index (χ1n) is 6.65. The first kappa shape index (κ1) is 16.2. The lowest BCUT2D eigenvalue weighted by Gasteiger charge is -2.13. The third-order valence-corrected chi connectivity index (χ3v) is 3.10. The molecule has 0 radical (unpaired) electrons. The molecule has 2 rings (SSSR count). The Morgan fingerprint density at radius 2 is 1.61 bits per heavy atom. The van der Waals surface area contributed by atoms with Gasteiger partial charge in [-0.25, -0.2) is 4.79 Å². The fraction of sp³-hybridized carbons (Fsp3) is 0.176. The van der Waals surface area contributed by atoms with Crippen LogP contribution in [-0.2, 0) is 0 Å². The summed E-state index contributed by atoms with van der Waals surface area (Å²) in [6, 6.07) is 11.3. The Bertz CT molecular complexity index is 764. The van der Waals surface area contributed by atoms with Gasteiger partial charge in [-0.15, -0.1) is 0 Å². The molecule has 0 aromatic heterocycles. The van der Waals surface area contributed by atoms with Crippen molar-refractivity contribution >= 4 is 5.97 Å². The van der Waals surface area contributed by atoms with Gasteiger partial charge in [0, 0.05) is 12.1 Å². The lowest BCUT2D eigenvalue weighted by molar-refractivity contribution is 0.0730. The smallest absolute Gasteiger partial charge is 0.347 e. The normalized spacial score (nSPS) is 9.65. The highest BCUT2D eigenvalue weighted by Crippen LogP contribution is 2.35. The number of hydrogen-bond acceptors (Lipinski definition) is 6. The van der Waals surface area contributed by atoms with Crippen molar-refractivity contribution in [2.45, 2.75) is 0 Å². The minimum absolute atomic E-state index is 0.188. The highest BCUT2D eigenvalue weighted by molar-refractivity contribution is 5.95. The van der Waals surface area contributed by atoms with Gasteiger partial charge >= 0.3 is 5.97 Å². The molecular weight excluding hydrogens is 298 g/mol. The van der Waals surface area contributed by atoms with Crippen LogP contribution >= 0.6 is 0 Å². The lowest BCUT2D eigenvalue weighted by atomic mass is 10.1. The summed E-state index contributed by atoms with van der Waals surface area (Å²) in [6.07, 6.45) is 0. The molecule has 2 aromatic carbocycles. The van der Waals surface area contributed by atoms with Gasteiger partial charge in [0.05, 0.1) is 33.0 Å². The number of benzene rings is 2. The number of carbonyl (C=O) groups is 1. The number of esters is 1. The zero-order valence-corrected chi connectivity index (χ0v) is 13.0. The van der Waals surface area contributed by atoms with Crippen molar-refractivity contribution in [1.82, 2.24) is 0 Å². The molecule has 0 N–H and O–H groups in total. The molecule has 2 aromatic rings. The monoisotopic (exact) mass is 313 g/mol. The molecule has 0 bridgehead atoms. The predicted octanol–water partition coefficient (Wildman–Crippen LogP) is 2.80. The van der Waals surface area contributed by atoms with E-state index < -0.39 is 5.97 Å². The maximum absolute atomic E-state index is 12.4. The van der Waals surface area contributed by atoms with E-state index in [1.165, 1.54) is 33.5 Å². The minimum Gasteiger partial charge on any atom is -0.496 e. The van der Waals surface area contributed by atoms with Gasteiger partial charge in [0.25, 0.3) is 0 Å². The Hall–Kier alpha value is -3.20. The highest BCUT2D eigenvalue weighted by Gasteiger charge is 2.19. The molecular formula is C17H15NO5. The maximum Gasteiger partial charge on any atom is 0.347 e. The second-order valence-corrected chi connectivity index (χ2v) is 4.44. The number of carbonyl (C=O) groups excluding carboxylic acids is 1. The molecule has 0 unspecified atom stereocenters. The average molecular weight is 313 g/mol. The second-order valence-electron chi connectivity index (χ2n) is 4.44. The van der Waals surface area contributed by atoms with Gasteiger partial charge < -0.3 is 18.9 Å². The molecule has 0 aliphatic rings. The first-order valence-corrected chi connectivity index (χ1v) is 6.65. The molecule has 0 aliphatic heterocycles. The van der Waals surface area contributed by atoms with Crippen molar-refractivity contribution in [2.24, 2.45) is 0 Å². The van der Waals surface area contributed by atoms with Crippen LogP contribution in [0.5, 0.6) is 23.0 Å². The molecule has 23 heavy (non-hydrogen) atoms. The van der Waals surface area contributed by atoms with E-state index in [0.717, 1.165) is 0 Å². The van der Waals surface area contributed by atoms with Gasteiger partial charge in [-0.2, -0.15) is 5.26 Å². The van der Waals surface area contributed by atoms with Crippen molar-refractivity contribution < 1.29 is 23.7 Å². The summed E-state index contributed by atoms with van der Waals surface area (Å²) in [5, 5.41) is 8.88. The molecule has 6 nitrogen and oxygen atoms in total. The number of hydrogen-bond donors (Lipinski definition) is 0. The molecule has 0 heterocycles. The van der Waals surface area contributed by atoms with Crippen molar-refractivity contribution in [2.75, 3.05) is 21.3 Å². The summed E-state index contributed by atoms with van der Waals surface area (Å²) >= 11 is 0. The van der Waals surface area contributed by atoms with Gasteiger partial charge in [-0.1, -0.05) is 6.07 Å². The molecule has 0 saturated heterocycles. The van der Waals surface area contributed by atoms with E-state index in [0.29, 0.717) is 22.8 Å². The van der Waals surface area contributed by atoms with Gasteiger partial charge in [0.1, 0.15) is 17.1 Å². The highest BCUT2D eigenvalue weighted by atomic mass is 16.5. The second kappa shape index (κ2) is 7.18. The van der Waals surface area contributed by atoms with E-state index in [4.69, 9.17) is 24.2 Å². The van der Waals surface area contributed by atoms with Crippen LogP contribution in [0, 0.1) is 11.3 Å². The molecule has 0 spiro atoms. The summed E-state index contributed by atoms with van der Waals surface area (Å²) in [4.78, 5) is 12.4. The summed E-state index contributed by atoms with van der Waals surface area (Å²) in [5.41, 5.74) is 0.585. The van der Waals surface area contributed by atoms with Crippen molar-refractivity contribution in [3.8, 4) is 29.1 Å². The van der Waals surface area contributed by atoms with E-state index in [2.05, 4.69) is 0 Å². The quantitative estimate of drug-likeness (QED) is 0.624. The third-order valence-electron chi connectivity index (χ3n) is 3.10. The molecule has 6 heteroatoms. The van der Waals surface area contributed by atoms with Gasteiger partial charge in [-0.3, -0.25) is 0 Å². The SMILES string of the molecule is COc1cc(OC)c(C(=O)Oc2cccc(C#N)c2)cc1OC. The Labute approximate surface area is 133 Å². The zero-order valence-electron chi connectivity index (χ0n) is 13.0. The van der Waals surface area contributed by atoms with Crippen molar-refractivity contribution in [1.29, 1.82) is 5.26 Å². The fourth-order valence-corrected chi connectivity index (χ4v) is 1.98. The molecule has 0 amide bonds. The minimum atomic E-state index is -0.627. The van der Waals surface area contributed by atoms with Crippen LogP contribution in [0.4, 0.5) is 0 Å². The Morgan fingerprint density at radius 3 is 2.22 bits per heavy atom. The molecule has 0 atom stereocenters. The van der Waals surface area contributed by atoms with Gasteiger partial charge in [0.2, 0.25) is 0 Å².